The summed E-state index contributed by atoms with van der Waals surface area (Å²) in [6.45, 7) is 0.431. The third kappa shape index (κ3) is 2.56. The van der Waals surface area contributed by atoms with E-state index in [4.69, 9.17) is 26.3 Å². The highest BCUT2D eigenvalue weighted by Gasteiger charge is 2.23. The van der Waals surface area contributed by atoms with E-state index in [9.17, 15) is 0 Å². The molecule has 3 nitrogen and oxygen atoms in total. The monoisotopic (exact) mass is 285 g/mol. The third-order valence-corrected chi connectivity index (χ3v) is 3.49. The van der Waals surface area contributed by atoms with Gasteiger partial charge < -0.3 is 9.47 Å². The summed E-state index contributed by atoms with van der Waals surface area (Å²) in [6.07, 6.45) is 0.837. The molecule has 20 heavy (non-hydrogen) atoms. The van der Waals surface area contributed by atoms with Crippen LogP contribution in [0.15, 0.2) is 42.5 Å². The van der Waals surface area contributed by atoms with Gasteiger partial charge in [-0.05, 0) is 29.8 Å². The molecule has 0 radical (unpaired) electrons. The molecule has 0 bridgehead atoms. The van der Waals surface area contributed by atoms with Gasteiger partial charge in [-0.1, -0.05) is 29.8 Å². The lowest BCUT2D eigenvalue weighted by Crippen LogP contribution is -2.22. The van der Waals surface area contributed by atoms with E-state index in [1.807, 2.05) is 24.3 Å². The van der Waals surface area contributed by atoms with Crippen molar-refractivity contribution in [3.8, 4) is 17.6 Å². The highest BCUT2D eigenvalue weighted by molar-refractivity contribution is 6.32. The first-order valence-corrected chi connectivity index (χ1v) is 6.71. The lowest BCUT2D eigenvalue weighted by Gasteiger charge is -2.13. The van der Waals surface area contributed by atoms with Crippen molar-refractivity contribution in [2.45, 2.75) is 12.5 Å². The molecule has 0 spiro atoms. The number of benzene rings is 2. The van der Waals surface area contributed by atoms with Gasteiger partial charge in [0, 0.05) is 6.42 Å². The molecule has 100 valence electrons. The van der Waals surface area contributed by atoms with E-state index in [-0.39, 0.29) is 6.10 Å². The molecule has 1 atom stereocenters. The number of hydrogen-bond acceptors (Lipinski definition) is 3. The Kier molecular flexibility index (Phi) is 3.49. The Labute approximate surface area is 122 Å². The average Bonchev–Trinajstić information content (AvgIpc) is 2.88. The van der Waals surface area contributed by atoms with Crippen LogP contribution in [0.3, 0.4) is 0 Å². The van der Waals surface area contributed by atoms with Crippen molar-refractivity contribution in [3.63, 3.8) is 0 Å². The predicted molar refractivity (Wildman–Crippen MR) is 76.2 cm³/mol. The van der Waals surface area contributed by atoms with E-state index in [0.29, 0.717) is 22.9 Å². The van der Waals surface area contributed by atoms with Crippen LogP contribution in [0, 0.1) is 11.3 Å². The van der Waals surface area contributed by atoms with E-state index in [1.165, 1.54) is 5.56 Å². The standard InChI is InChI=1S/C16H12ClNO2/c17-14-7-11(9-18)5-6-16(14)19-10-13-8-12-3-1-2-4-15(12)20-13/h1-7,13H,8,10H2. The fraction of sp³-hybridized carbons (Fsp3) is 0.188. The molecule has 1 heterocycles. The van der Waals surface area contributed by atoms with Crippen molar-refractivity contribution in [3.05, 3.63) is 58.6 Å². The zero-order valence-corrected chi connectivity index (χ0v) is 11.4. The number of para-hydroxylation sites is 1. The van der Waals surface area contributed by atoms with Gasteiger partial charge in [0.2, 0.25) is 0 Å². The summed E-state index contributed by atoms with van der Waals surface area (Å²) in [7, 11) is 0. The maximum absolute atomic E-state index is 8.79. The second-order valence-electron chi connectivity index (χ2n) is 4.62. The molecule has 0 N–H and O–H groups in total. The second kappa shape index (κ2) is 5.44. The first-order chi connectivity index (χ1) is 9.76. The molecule has 0 fully saturated rings. The van der Waals surface area contributed by atoms with Gasteiger partial charge >= 0.3 is 0 Å². The van der Waals surface area contributed by atoms with Gasteiger partial charge in [-0.2, -0.15) is 5.26 Å². The largest absolute Gasteiger partial charge is 0.488 e. The van der Waals surface area contributed by atoms with E-state index < -0.39 is 0 Å². The molecule has 0 saturated carbocycles. The first kappa shape index (κ1) is 12.8. The summed E-state index contributed by atoms with van der Waals surface area (Å²) in [6, 6.07) is 15.0. The number of fused-ring (bicyclic) bond motifs is 1. The smallest absolute Gasteiger partial charge is 0.138 e. The predicted octanol–water partition coefficient (Wildman–Crippen LogP) is 3.59. The Morgan fingerprint density at radius 3 is 2.90 bits per heavy atom. The van der Waals surface area contributed by atoms with Crippen LogP contribution in [0.25, 0.3) is 0 Å². The van der Waals surface area contributed by atoms with Crippen LogP contribution < -0.4 is 9.47 Å². The van der Waals surface area contributed by atoms with E-state index >= 15 is 0 Å². The van der Waals surface area contributed by atoms with Crippen LogP contribution in [0.4, 0.5) is 0 Å². The minimum Gasteiger partial charge on any atom is -0.488 e. The van der Waals surface area contributed by atoms with Gasteiger partial charge in [-0.15, -0.1) is 0 Å². The number of rotatable bonds is 3. The van der Waals surface area contributed by atoms with Crippen LogP contribution >= 0.6 is 11.6 Å². The lowest BCUT2D eigenvalue weighted by atomic mass is 10.1. The first-order valence-electron chi connectivity index (χ1n) is 6.33. The number of ether oxygens (including phenoxy) is 2. The van der Waals surface area contributed by atoms with E-state index in [1.54, 1.807) is 18.2 Å². The zero-order chi connectivity index (χ0) is 13.9. The normalized spacial score (nSPS) is 16.1. The summed E-state index contributed by atoms with van der Waals surface area (Å²) >= 11 is 6.07. The van der Waals surface area contributed by atoms with Crippen LogP contribution in [-0.4, -0.2) is 12.7 Å². The van der Waals surface area contributed by atoms with Gasteiger partial charge in [-0.25, -0.2) is 0 Å². The second-order valence-corrected chi connectivity index (χ2v) is 5.03. The molecular weight excluding hydrogens is 274 g/mol. The molecule has 4 heteroatoms. The molecule has 0 aliphatic carbocycles. The third-order valence-electron chi connectivity index (χ3n) is 3.20. The maximum Gasteiger partial charge on any atom is 0.138 e. The zero-order valence-electron chi connectivity index (χ0n) is 10.7. The molecule has 1 unspecified atom stereocenters. The quantitative estimate of drug-likeness (QED) is 0.865. The highest BCUT2D eigenvalue weighted by Crippen LogP contribution is 2.30. The molecule has 0 aromatic heterocycles. The molecule has 1 aliphatic heterocycles. The Bertz CT molecular complexity index is 653. The van der Waals surface area contributed by atoms with Gasteiger partial charge in [0.05, 0.1) is 16.7 Å². The van der Waals surface area contributed by atoms with Crippen molar-refractivity contribution in [2.75, 3.05) is 6.61 Å². The van der Waals surface area contributed by atoms with Gasteiger partial charge in [0.1, 0.15) is 24.2 Å². The van der Waals surface area contributed by atoms with Crippen molar-refractivity contribution in [1.29, 1.82) is 5.26 Å². The number of nitrogens with zero attached hydrogens (tertiary/aromatic N) is 1. The van der Waals surface area contributed by atoms with Crippen LogP contribution in [0.1, 0.15) is 11.1 Å². The molecule has 3 rings (SSSR count). The minimum absolute atomic E-state index is 0.000824. The molecule has 0 amide bonds. The van der Waals surface area contributed by atoms with Gasteiger partial charge in [-0.3, -0.25) is 0 Å². The molecule has 2 aromatic rings. The van der Waals surface area contributed by atoms with Crippen molar-refractivity contribution in [2.24, 2.45) is 0 Å². The summed E-state index contributed by atoms with van der Waals surface area (Å²) in [5.41, 5.74) is 1.72. The lowest BCUT2D eigenvalue weighted by molar-refractivity contribution is 0.148. The van der Waals surface area contributed by atoms with Gasteiger partial charge in [0.25, 0.3) is 0 Å². The summed E-state index contributed by atoms with van der Waals surface area (Å²) < 4.78 is 11.5. The molecule has 1 aliphatic rings. The topological polar surface area (TPSA) is 42.2 Å². The highest BCUT2D eigenvalue weighted by atomic mass is 35.5. The van der Waals surface area contributed by atoms with E-state index in [0.717, 1.165) is 12.2 Å². The molecule has 2 aromatic carbocycles. The number of nitriles is 1. The van der Waals surface area contributed by atoms with Crippen molar-refractivity contribution >= 4 is 11.6 Å². The SMILES string of the molecule is N#Cc1ccc(OCC2Cc3ccccc3O2)c(Cl)c1. The van der Waals surface area contributed by atoms with Gasteiger partial charge in [0.15, 0.2) is 0 Å². The summed E-state index contributed by atoms with van der Waals surface area (Å²) in [5, 5.41) is 9.23. The number of hydrogen-bond donors (Lipinski definition) is 0. The fourth-order valence-electron chi connectivity index (χ4n) is 2.22. The van der Waals surface area contributed by atoms with Crippen molar-refractivity contribution < 1.29 is 9.47 Å². The summed E-state index contributed by atoms with van der Waals surface area (Å²) in [4.78, 5) is 0. The number of halogens is 1. The molecular formula is C16H12ClNO2. The summed E-state index contributed by atoms with van der Waals surface area (Å²) in [5.74, 6) is 1.50. The van der Waals surface area contributed by atoms with Crippen molar-refractivity contribution in [1.82, 2.24) is 0 Å². The van der Waals surface area contributed by atoms with E-state index in [2.05, 4.69) is 6.07 Å². The van der Waals surface area contributed by atoms with Crippen LogP contribution in [-0.2, 0) is 6.42 Å². The minimum atomic E-state index is -0.000824. The maximum atomic E-state index is 8.79. The fourth-order valence-corrected chi connectivity index (χ4v) is 2.45. The Morgan fingerprint density at radius 1 is 1.30 bits per heavy atom. The molecule has 0 saturated heterocycles. The van der Waals surface area contributed by atoms with Crippen LogP contribution in [0.5, 0.6) is 11.5 Å². The van der Waals surface area contributed by atoms with Crippen LogP contribution in [0.2, 0.25) is 5.02 Å². The Balaban J connectivity index is 1.63. The Morgan fingerprint density at radius 2 is 2.15 bits per heavy atom. The Hall–Kier alpha value is -2.18. The average molecular weight is 286 g/mol.